The van der Waals surface area contributed by atoms with Crippen molar-refractivity contribution < 1.29 is 9.59 Å². The fourth-order valence-corrected chi connectivity index (χ4v) is 2.13. The molecule has 0 radical (unpaired) electrons. The summed E-state index contributed by atoms with van der Waals surface area (Å²) >= 11 is 0. The van der Waals surface area contributed by atoms with Gasteiger partial charge in [0, 0.05) is 22.7 Å². The van der Waals surface area contributed by atoms with Crippen molar-refractivity contribution in [3.05, 3.63) is 71.9 Å². The SMILES string of the molecule is O=Cc1ccc2c(ccn2C(=O)c2ccccc2)c1. The van der Waals surface area contributed by atoms with E-state index in [1.54, 1.807) is 41.1 Å². The predicted molar refractivity (Wildman–Crippen MR) is 73.5 cm³/mol. The lowest BCUT2D eigenvalue weighted by Gasteiger charge is -2.04. The molecule has 3 aromatic rings. The zero-order chi connectivity index (χ0) is 13.2. The molecule has 3 heteroatoms. The van der Waals surface area contributed by atoms with E-state index in [1.165, 1.54) is 0 Å². The molecule has 0 unspecified atom stereocenters. The van der Waals surface area contributed by atoms with E-state index in [4.69, 9.17) is 0 Å². The first-order valence-corrected chi connectivity index (χ1v) is 5.95. The molecule has 0 N–H and O–H groups in total. The zero-order valence-corrected chi connectivity index (χ0v) is 10.1. The van der Waals surface area contributed by atoms with Crippen LogP contribution in [0.5, 0.6) is 0 Å². The fraction of sp³-hybridized carbons (Fsp3) is 0. The van der Waals surface area contributed by atoms with Crippen LogP contribution in [0.1, 0.15) is 20.7 Å². The van der Waals surface area contributed by atoms with E-state index >= 15 is 0 Å². The molecule has 0 bridgehead atoms. The third-order valence-electron chi connectivity index (χ3n) is 3.09. The van der Waals surface area contributed by atoms with Gasteiger partial charge in [-0.15, -0.1) is 0 Å². The Morgan fingerprint density at radius 3 is 2.53 bits per heavy atom. The standard InChI is InChI=1S/C16H11NO2/c18-11-12-6-7-15-14(10-12)8-9-17(15)16(19)13-4-2-1-3-5-13/h1-11H. The van der Waals surface area contributed by atoms with E-state index in [9.17, 15) is 9.59 Å². The van der Waals surface area contributed by atoms with Crippen LogP contribution in [0.4, 0.5) is 0 Å². The largest absolute Gasteiger partial charge is 0.298 e. The van der Waals surface area contributed by atoms with E-state index in [2.05, 4.69) is 0 Å². The van der Waals surface area contributed by atoms with Crippen molar-refractivity contribution >= 4 is 23.1 Å². The van der Waals surface area contributed by atoms with Crippen LogP contribution in [0.3, 0.4) is 0 Å². The van der Waals surface area contributed by atoms with Gasteiger partial charge >= 0.3 is 0 Å². The molecule has 0 atom stereocenters. The first-order chi connectivity index (χ1) is 9.29. The molecule has 1 heterocycles. The third-order valence-corrected chi connectivity index (χ3v) is 3.09. The number of rotatable bonds is 2. The first kappa shape index (κ1) is 11.4. The Bertz CT molecular complexity index is 757. The van der Waals surface area contributed by atoms with Gasteiger partial charge in [-0.05, 0) is 36.4 Å². The summed E-state index contributed by atoms with van der Waals surface area (Å²) in [6, 6.07) is 16.2. The molecular weight excluding hydrogens is 238 g/mol. The van der Waals surface area contributed by atoms with Gasteiger partial charge in [-0.25, -0.2) is 0 Å². The Morgan fingerprint density at radius 1 is 1.00 bits per heavy atom. The zero-order valence-electron chi connectivity index (χ0n) is 10.1. The summed E-state index contributed by atoms with van der Waals surface area (Å²) in [7, 11) is 0. The molecule has 0 amide bonds. The maximum absolute atomic E-state index is 12.4. The molecule has 0 fully saturated rings. The van der Waals surface area contributed by atoms with Gasteiger partial charge in [-0.1, -0.05) is 18.2 Å². The lowest BCUT2D eigenvalue weighted by atomic mass is 10.1. The number of hydrogen-bond acceptors (Lipinski definition) is 2. The van der Waals surface area contributed by atoms with E-state index in [-0.39, 0.29) is 5.91 Å². The van der Waals surface area contributed by atoms with Gasteiger partial charge in [0.15, 0.2) is 0 Å². The normalized spacial score (nSPS) is 10.5. The summed E-state index contributed by atoms with van der Waals surface area (Å²) in [6.07, 6.45) is 2.53. The average Bonchev–Trinajstić information content (AvgIpc) is 2.90. The Labute approximate surface area is 110 Å². The van der Waals surface area contributed by atoms with E-state index < -0.39 is 0 Å². The van der Waals surface area contributed by atoms with Crippen LogP contribution < -0.4 is 0 Å². The summed E-state index contributed by atoms with van der Waals surface area (Å²) in [5, 5.41) is 0.883. The Morgan fingerprint density at radius 2 is 1.79 bits per heavy atom. The fourth-order valence-electron chi connectivity index (χ4n) is 2.13. The van der Waals surface area contributed by atoms with E-state index in [0.717, 1.165) is 17.2 Å². The van der Waals surface area contributed by atoms with Crippen molar-refractivity contribution in [3.63, 3.8) is 0 Å². The molecule has 3 nitrogen and oxygen atoms in total. The second-order valence-corrected chi connectivity index (χ2v) is 4.29. The highest BCUT2D eigenvalue weighted by Crippen LogP contribution is 2.18. The van der Waals surface area contributed by atoms with Crippen LogP contribution >= 0.6 is 0 Å². The maximum atomic E-state index is 12.4. The Hall–Kier alpha value is -2.68. The molecule has 0 saturated carbocycles. The second-order valence-electron chi connectivity index (χ2n) is 4.29. The van der Waals surface area contributed by atoms with Crippen LogP contribution in [0, 0.1) is 0 Å². The van der Waals surface area contributed by atoms with Crippen molar-refractivity contribution in [1.82, 2.24) is 4.57 Å². The van der Waals surface area contributed by atoms with Crippen LogP contribution in [0.15, 0.2) is 60.8 Å². The lowest BCUT2D eigenvalue weighted by Crippen LogP contribution is -2.10. The van der Waals surface area contributed by atoms with Crippen LogP contribution in [-0.4, -0.2) is 16.8 Å². The number of aldehydes is 1. The molecule has 0 aliphatic rings. The van der Waals surface area contributed by atoms with Gasteiger partial charge in [-0.3, -0.25) is 14.2 Å². The number of nitrogens with zero attached hydrogens (tertiary/aromatic N) is 1. The minimum atomic E-state index is -0.0746. The number of benzene rings is 2. The molecular formula is C16H11NO2. The number of aromatic nitrogens is 1. The predicted octanol–water partition coefficient (Wildman–Crippen LogP) is 3.14. The smallest absolute Gasteiger partial charge is 0.262 e. The highest BCUT2D eigenvalue weighted by atomic mass is 16.2. The van der Waals surface area contributed by atoms with E-state index in [0.29, 0.717) is 11.1 Å². The highest BCUT2D eigenvalue weighted by molar-refractivity contribution is 6.02. The quantitative estimate of drug-likeness (QED) is 0.654. The molecule has 0 aliphatic carbocycles. The molecule has 2 aromatic carbocycles. The van der Waals surface area contributed by atoms with Gasteiger partial charge in [-0.2, -0.15) is 0 Å². The molecule has 92 valence electrons. The average molecular weight is 249 g/mol. The molecule has 3 rings (SSSR count). The van der Waals surface area contributed by atoms with Crippen LogP contribution in [0.2, 0.25) is 0 Å². The van der Waals surface area contributed by atoms with Gasteiger partial charge in [0.05, 0.1) is 5.52 Å². The summed E-state index contributed by atoms with van der Waals surface area (Å²) in [5.74, 6) is -0.0746. The van der Waals surface area contributed by atoms with Gasteiger partial charge in [0.2, 0.25) is 0 Å². The number of carbonyl (C=O) groups excluding carboxylic acids is 2. The first-order valence-electron chi connectivity index (χ1n) is 5.95. The van der Waals surface area contributed by atoms with Crippen molar-refractivity contribution in [2.75, 3.05) is 0 Å². The highest BCUT2D eigenvalue weighted by Gasteiger charge is 2.10. The summed E-state index contributed by atoms with van der Waals surface area (Å²) in [5.41, 5.74) is 2.05. The number of hydrogen-bond donors (Lipinski definition) is 0. The molecule has 1 aromatic heterocycles. The van der Waals surface area contributed by atoms with Crippen molar-refractivity contribution in [1.29, 1.82) is 0 Å². The van der Waals surface area contributed by atoms with Crippen LogP contribution in [-0.2, 0) is 0 Å². The molecule has 19 heavy (non-hydrogen) atoms. The molecule has 0 saturated heterocycles. The number of carbonyl (C=O) groups is 2. The third kappa shape index (κ3) is 1.95. The maximum Gasteiger partial charge on any atom is 0.262 e. The Kier molecular flexibility index (Phi) is 2.72. The van der Waals surface area contributed by atoms with Gasteiger partial charge in [0.25, 0.3) is 5.91 Å². The lowest BCUT2D eigenvalue weighted by molar-refractivity contribution is 0.0964. The Balaban J connectivity index is 2.11. The van der Waals surface area contributed by atoms with Gasteiger partial charge < -0.3 is 0 Å². The van der Waals surface area contributed by atoms with Crippen LogP contribution in [0.25, 0.3) is 10.9 Å². The minimum absolute atomic E-state index is 0.0746. The van der Waals surface area contributed by atoms with Crippen molar-refractivity contribution in [2.24, 2.45) is 0 Å². The van der Waals surface area contributed by atoms with Gasteiger partial charge in [0.1, 0.15) is 6.29 Å². The van der Waals surface area contributed by atoms with Crippen molar-refractivity contribution in [2.45, 2.75) is 0 Å². The van der Waals surface area contributed by atoms with Crippen molar-refractivity contribution in [3.8, 4) is 0 Å². The van der Waals surface area contributed by atoms with E-state index in [1.807, 2.05) is 24.3 Å². The topological polar surface area (TPSA) is 39.1 Å². The monoisotopic (exact) mass is 249 g/mol. The second kappa shape index (κ2) is 4.53. The number of fused-ring (bicyclic) bond motifs is 1. The minimum Gasteiger partial charge on any atom is -0.298 e. The molecule has 0 aliphatic heterocycles. The molecule has 0 spiro atoms. The summed E-state index contributed by atoms with van der Waals surface area (Å²) in [6.45, 7) is 0. The summed E-state index contributed by atoms with van der Waals surface area (Å²) < 4.78 is 1.60. The summed E-state index contributed by atoms with van der Waals surface area (Å²) in [4.78, 5) is 23.1.